The van der Waals surface area contributed by atoms with Crippen LogP contribution < -0.4 is 22.4 Å². The Hall–Kier alpha value is -3.07. The molecule has 0 radical (unpaired) electrons. The molecule has 0 aliphatic heterocycles. The lowest BCUT2D eigenvalue weighted by atomic mass is 10.3. The minimum Gasteiger partial charge on any atom is -0.493 e. The Labute approximate surface area is 127 Å². The normalized spacial score (nSPS) is 10.8. The second-order valence-corrected chi connectivity index (χ2v) is 4.48. The summed E-state index contributed by atoms with van der Waals surface area (Å²) in [6.07, 6.45) is 0.866. The standard InChI is InChI=1S/C12H10ClN5O4/c13-6-1-3-7(4-2-6)18-10(20)8(5-15-17-11(14)21)9(19)16-12(18)22/h1-5,20H,(H3,14,17,21)(H,16,19,22)/b15-5+. The monoisotopic (exact) mass is 323 g/mol. The molecule has 5 N–H and O–H groups in total. The number of nitrogens with one attached hydrogen (secondary N) is 2. The van der Waals surface area contributed by atoms with Crippen LogP contribution in [0.2, 0.25) is 5.02 Å². The first kappa shape index (κ1) is 15.3. The topological polar surface area (TPSA) is 143 Å². The molecule has 114 valence electrons. The molecule has 10 heteroatoms. The smallest absolute Gasteiger partial charge is 0.335 e. The van der Waals surface area contributed by atoms with E-state index in [-0.39, 0.29) is 11.3 Å². The number of benzene rings is 1. The highest BCUT2D eigenvalue weighted by Crippen LogP contribution is 2.17. The van der Waals surface area contributed by atoms with E-state index in [0.717, 1.165) is 10.8 Å². The number of rotatable bonds is 3. The molecule has 1 aromatic carbocycles. The van der Waals surface area contributed by atoms with Crippen molar-refractivity contribution < 1.29 is 9.90 Å². The number of aromatic nitrogens is 2. The van der Waals surface area contributed by atoms with Crippen molar-refractivity contribution in [1.82, 2.24) is 15.0 Å². The molecule has 0 aliphatic carbocycles. The first-order valence-corrected chi connectivity index (χ1v) is 6.20. The Kier molecular flexibility index (Phi) is 4.28. The number of halogens is 1. The summed E-state index contributed by atoms with van der Waals surface area (Å²) in [6, 6.07) is 5.03. The summed E-state index contributed by atoms with van der Waals surface area (Å²) in [7, 11) is 0. The van der Waals surface area contributed by atoms with Gasteiger partial charge >= 0.3 is 11.7 Å². The molecule has 0 aliphatic rings. The van der Waals surface area contributed by atoms with E-state index in [4.69, 9.17) is 17.3 Å². The van der Waals surface area contributed by atoms with Crippen LogP contribution in [0.4, 0.5) is 4.79 Å². The fourth-order valence-corrected chi connectivity index (χ4v) is 1.77. The lowest BCUT2D eigenvalue weighted by Crippen LogP contribution is -2.32. The molecule has 0 bridgehead atoms. The summed E-state index contributed by atoms with van der Waals surface area (Å²) in [6.45, 7) is 0. The molecule has 1 aromatic heterocycles. The van der Waals surface area contributed by atoms with Crippen molar-refractivity contribution in [3.05, 3.63) is 55.7 Å². The average molecular weight is 324 g/mol. The van der Waals surface area contributed by atoms with Crippen LogP contribution in [0.3, 0.4) is 0 Å². The van der Waals surface area contributed by atoms with Gasteiger partial charge in [-0.3, -0.25) is 9.78 Å². The maximum absolute atomic E-state index is 11.9. The van der Waals surface area contributed by atoms with Gasteiger partial charge in [-0.25, -0.2) is 19.6 Å². The van der Waals surface area contributed by atoms with Crippen molar-refractivity contribution in [2.24, 2.45) is 10.8 Å². The second kappa shape index (κ2) is 6.14. The van der Waals surface area contributed by atoms with Crippen molar-refractivity contribution in [1.29, 1.82) is 0 Å². The third-order valence-corrected chi connectivity index (χ3v) is 2.83. The van der Waals surface area contributed by atoms with Crippen LogP contribution in [0.1, 0.15) is 5.56 Å². The summed E-state index contributed by atoms with van der Waals surface area (Å²) in [5.74, 6) is -0.647. The SMILES string of the molecule is NC(=O)N/N=C/c1c(O)n(-c2ccc(Cl)cc2)c(=O)[nH]c1=O. The van der Waals surface area contributed by atoms with Gasteiger partial charge in [0.1, 0.15) is 5.56 Å². The van der Waals surface area contributed by atoms with Crippen LogP contribution in [-0.2, 0) is 0 Å². The van der Waals surface area contributed by atoms with Crippen molar-refractivity contribution in [2.75, 3.05) is 0 Å². The molecule has 0 atom stereocenters. The lowest BCUT2D eigenvalue weighted by molar-refractivity contribution is 0.249. The van der Waals surface area contributed by atoms with Gasteiger partial charge in [-0.1, -0.05) is 11.6 Å². The largest absolute Gasteiger partial charge is 0.493 e. The zero-order chi connectivity index (χ0) is 16.3. The molecule has 0 unspecified atom stereocenters. The summed E-state index contributed by atoms with van der Waals surface area (Å²) in [5.41, 5.74) is 4.91. The van der Waals surface area contributed by atoms with Gasteiger partial charge < -0.3 is 10.8 Å². The van der Waals surface area contributed by atoms with E-state index in [1.165, 1.54) is 24.3 Å². The van der Waals surface area contributed by atoms with E-state index in [1.807, 2.05) is 10.4 Å². The minimum absolute atomic E-state index is 0.278. The molecular weight excluding hydrogens is 314 g/mol. The van der Waals surface area contributed by atoms with Crippen LogP contribution in [0.5, 0.6) is 5.88 Å². The molecule has 0 saturated heterocycles. The molecule has 2 rings (SSSR count). The Morgan fingerprint density at radius 3 is 2.59 bits per heavy atom. The number of carbonyl (C=O) groups excluding carboxylic acids is 1. The Balaban J connectivity index is 2.58. The first-order chi connectivity index (χ1) is 10.4. The third kappa shape index (κ3) is 3.15. The molecule has 0 saturated carbocycles. The second-order valence-electron chi connectivity index (χ2n) is 4.04. The van der Waals surface area contributed by atoms with Gasteiger partial charge in [-0.05, 0) is 24.3 Å². The van der Waals surface area contributed by atoms with E-state index < -0.39 is 23.2 Å². The van der Waals surface area contributed by atoms with Crippen LogP contribution in [0, 0.1) is 0 Å². The molecule has 0 spiro atoms. The number of hydrazone groups is 1. The van der Waals surface area contributed by atoms with Gasteiger partial charge in [0.2, 0.25) is 5.88 Å². The van der Waals surface area contributed by atoms with Crippen LogP contribution in [0.15, 0.2) is 39.0 Å². The highest BCUT2D eigenvalue weighted by Gasteiger charge is 2.14. The van der Waals surface area contributed by atoms with Crippen LogP contribution in [0.25, 0.3) is 5.69 Å². The molecule has 22 heavy (non-hydrogen) atoms. The zero-order valence-corrected chi connectivity index (χ0v) is 11.7. The van der Waals surface area contributed by atoms with Gasteiger partial charge in [-0.2, -0.15) is 5.10 Å². The molecule has 2 aromatic rings. The first-order valence-electron chi connectivity index (χ1n) is 5.83. The number of nitrogens with two attached hydrogens (primary N) is 1. The summed E-state index contributed by atoms with van der Waals surface area (Å²) in [5, 5.41) is 13.9. The van der Waals surface area contributed by atoms with E-state index >= 15 is 0 Å². The quantitative estimate of drug-likeness (QED) is 0.461. The molecule has 0 fully saturated rings. The van der Waals surface area contributed by atoms with Gasteiger partial charge in [-0.15, -0.1) is 0 Å². The third-order valence-electron chi connectivity index (χ3n) is 2.57. The number of aromatic hydroxyl groups is 1. The molecule has 1 heterocycles. The Morgan fingerprint density at radius 1 is 1.36 bits per heavy atom. The molecular formula is C12H10ClN5O4. The maximum atomic E-state index is 11.9. The number of nitrogens with zero attached hydrogens (tertiary/aromatic N) is 2. The number of hydrogen-bond acceptors (Lipinski definition) is 5. The van der Waals surface area contributed by atoms with Crippen LogP contribution in [-0.4, -0.2) is 26.9 Å². The number of primary amides is 1. The van der Waals surface area contributed by atoms with E-state index in [2.05, 4.69) is 5.10 Å². The van der Waals surface area contributed by atoms with Crippen molar-refractivity contribution >= 4 is 23.8 Å². The number of H-pyrrole nitrogens is 1. The number of carbonyl (C=O) groups is 1. The zero-order valence-electron chi connectivity index (χ0n) is 10.9. The van der Waals surface area contributed by atoms with Gasteiger partial charge in [0.05, 0.1) is 11.9 Å². The van der Waals surface area contributed by atoms with E-state index in [0.29, 0.717) is 5.02 Å². The van der Waals surface area contributed by atoms with Gasteiger partial charge in [0.15, 0.2) is 0 Å². The highest BCUT2D eigenvalue weighted by molar-refractivity contribution is 6.30. The van der Waals surface area contributed by atoms with Crippen molar-refractivity contribution in [2.45, 2.75) is 0 Å². The van der Waals surface area contributed by atoms with Gasteiger partial charge in [0.25, 0.3) is 5.56 Å². The average Bonchev–Trinajstić information content (AvgIpc) is 2.44. The Morgan fingerprint density at radius 2 is 2.00 bits per heavy atom. The van der Waals surface area contributed by atoms with E-state index in [9.17, 15) is 19.5 Å². The number of amides is 2. The summed E-state index contributed by atoms with van der Waals surface area (Å²) in [4.78, 5) is 36.1. The minimum atomic E-state index is -0.946. The fourth-order valence-electron chi connectivity index (χ4n) is 1.65. The van der Waals surface area contributed by atoms with Crippen LogP contribution >= 0.6 is 11.6 Å². The van der Waals surface area contributed by atoms with E-state index in [1.54, 1.807) is 0 Å². The number of hydrogen-bond donors (Lipinski definition) is 4. The predicted molar refractivity (Wildman–Crippen MR) is 79.6 cm³/mol. The number of urea groups is 1. The summed E-state index contributed by atoms with van der Waals surface area (Å²) >= 11 is 5.75. The lowest BCUT2D eigenvalue weighted by Gasteiger charge is -2.09. The maximum Gasteiger partial charge on any atom is 0.335 e. The highest BCUT2D eigenvalue weighted by atomic mass is 35.5. The Bertz CT molecular complexity index is 853. The van der Waals surface area contributed by atoms with Gasteiger partial charge in [0, 0.05) is 5.02 Å². The summed E-state index contributed by atoms with van der Waals surface area (Å²) < 4.78 is 0.851. The van der Waals surface area contributed by atoms with Crippen molar-refractivity contribution in [3.8, 4) is 11.6 Å². The fraction of sp³-hybridized carbons (Fsp3) is 0. The molecule has 2 amide bonds. The van der Waals surface area contributed by atoms with Crippen molar-refractivity contribution in [3.63, 3.8) is 0 Å². The molecule has 9 nitrogen and oxygen atoms in total. The predicted octanol–water partition coefficient (Wildman–Crippen LogP) is -0.113. The number of aromatic amines is 1.